The second-order valence-electron chi connectivity index (χ2n) is 7.02. The molecule has 2 aromatic rings. The van der Waals surface area contributed by atoms with Crippen LogP contribution in [-0.4, -0.2) is 32.5 Å². The van der Waals surface area contributed by atoms with E-state index in [9.17, 15) is 0 Å². The Morgan fingerprint density at radius 1 is 1.33 bits per heavy atom. The summed E-state index contributed by atoms with van der Waals surface area (Å²) in [6.07, 6.45) is 8.22. The summed E-state index contributed by atoms with van der Waals surface area (Å²) in [6, 6.07) is 0.633. The Kier molecular flexibility index (Phi) is 5.36. The molecule has 3 rings (SSSR count). The topological polar surface area (TPSA) is 56.9 Å². The summed E-state index contributed by atoms with van der Waals surface area (Å²) in [7, 11) is 2.07. The van der Waals surface area contributed by atoms with Gasteiger partial charge in [0.25, 0.3) is 0 Å². The molecule has 6 heteroatoms. The molecule has 1 atom stereocenters. The summed E-state index contributed by atoms with van der Waals surface area (Å²) in [5.74, 6) is 1.66. The molecular weight excluding hydrogens is 302 g/mol. The van der Waals surface area contributed by atoms with Gasteiger partial charge in [-0.15, -0.1) is 0 Å². The normalized spacial score (nSPS) is 17.5. The fraction of sp³-hybridized carbons (Fsp3) is 0.667. The van der Waals surface area contributed by atoms with Crippen LogP contribution in [0.5, 0.6) is 0 Å². The smallest absolute Gasteiger partial charge is 0.125 e. The maximum atomic E-state index is 5.54. The summed E-state index contributed by atoms with van der Waals surface area (Å²) in [6.45, 7) is 8.90. The standard InChI is InChI=1S/C18H29N5O/c1-13(2)23-12-16(14(3)21-23)11-20-17(15-5-9-24-10-6-15)18-19-7-8-22(18)4/h7-8,12-13,15,17,20H,5-6,9-11H2,1-4H3/t17-/m1/s1. The van der Waals surface area contributed by atoms with Crippen LogP contribution in [0.4, 0.5) is 0 Å². The van der Waals surface area contributed by atoms with Crippen LogP contribution >= 0.6 is 0 Å². The highest BCUT2D eigenvalue weighted by Crippen LogP contribution is 2.29. The van der Waals surface area contributed by atoms with Crippen molar-refractivity contribution in [3.05, 3.63) is 35.7 Å². The average Bonchev–Trinajstić information content (AvgIpc) is 3.15. The highest BCUT2D eigenvalue weighted by molar-refractivity contribution is 5.16. The summed E-state index contributed by atoms with van der Waals surface area (Å²) in [5.41, 5.74) is 2.36. The second kappa shape index (κ2) is 7.49. The number of nitrogens with one attached hydrogen (secondary N) is 1. The van der Waals surface area contributed by atoms with E-state index in [4.69, 9.17) is 4.74 Å². The van der Waals surface area contributed by atoms with Crippen molar-refractivity contribution in [1.29, 1.82) is 0 Å². The molecule has 1 aliphatic rings. The second-order valence-corrected chi connectivity index (χ2v) is 7.02. The number of rotatable bonds is 6. The van der Waals surface area contributed by atoms with Crippen molar-refractivity contribution in [2.24, 2.45) is 13.0 Å². The number of hydrogen-bond acceptors (Lipinski definition) is 4. The van der Waals surface area contributed by atoms with Gasteiger partial charge in [-0.2, -0.15) is 5.10 Å². The van der Waals surface area contributed by atoms with Gasteiger partial charge in [-0.3, -0.25) is 4.68 Å². The van der Waals surface area contributed by atoms with Crippen LogP contribution in [0, 0.1) is 12.8 Å². The molecule has 6 nitrogen and oxygen atoms in total. The highest BCUT2D eigenvalue weighted by atomic mass is 16.5. The maximum absolute atomic E-state index is 5.54. The van der Waals surface area contributed by atoms with Crippen LogP contribution in [0.2, 0.25) is 0 Å². The fourth-order valence-electron chi connectivity index (χ4n) is 3.37. The van der Waals surface area contributed by atoms with Crippen LogP contribution in [0.3, 0.4) is 0 Å². The van der Waals surface area contributed by atoms with Crippen molar-refractivity contribution in [1.82, 2.24) is 24.6 Å². The molecule has 1 saturated heterocycles. The zero-order chi connectivity index (χ0) is 17.1. The molecule has 0 unspecified atom stereocenters. The predicted octanol–water partition coefficient (Wildman–Crippen LogP) is 2.76. The van der Waals surface area contributed by atoms with Crippen molar-refractivity contribution in [3.63, 3.8) is 0 Å². The van der Waals surface area contributed by atoms with Gasteiger partial charge in [0.1, 0.15) is 5.82 Å². The molecule has 3 heterocycles. The van der Waals surface area contributed by atoms with Gasteiger partial charge in [-0.25, -0.2) is 4.98 Å². The van der Waals surface area contributed by atoms with Gasteiger partial charge >= 0.3 is 0 Å². The average molecular weight is 331 g/mol. The van der Waals surface area contributed by atoms with Crippen molar-refractivity contribution in [2.75, 3.05) is 13.2 Å². The highest BCUT2D eigenvalue weighted by Gasteiger charge is 2.28. The molecule has 1 fully saturated rings. The minimum absolute atomic E-state index is 0.246. The molecule has 24 heavy (non-hydrogen) atoms. The summed E-state index contributed by atoms with van der Waals surface area (Å²) >= 11 is 0. The Hall–Kier alpha value is -1.66. The number of aryl methyl sites for hydroxylation is 2. The number of hydrogen-bond donors (Lipinski definition) is 1. The molecular formula is C18H29N5O. The summed E-state index contributed by atoms with van der Waals surface area (Å²) in [4.78, 5) is 4.60. The molecule has 0 saturated carbocycles. The SMILES string of the molecule is Cc1nn(C(C)C)cc1CN[C@@H](c1nccn1C)C1CCOCC1. The lowest BCUT2D eigenvalue weighted by molar-refractivity contribution is 0.0518. The van der Waals surface area contributed by atoms with Gasteiger partial charge < -0.3 is 14.6 Å². The number of ether oxygens (including phenoxy) is 1. The van der Waals surface area contributed by atoms with Crippen molar-refractivity contribution in [3.8, 4) is 0 Å². The first-order valence-corrected chi connectivity index (χ1v) is 8.89. The molecule has 2 aromatic heterocycles. The van der Waals surface area contributed by atoms with E-state index in [-0.39, 0.29) is 6.04 Å². The van der Waals surface area contributed by atoms with Crippen molar-refractivity contribution in [2.45, 2.75) is 52.2 Å². The number of nitrogens with zero attached hydrogens (tertiary/aromatic N) is 4. The van der Waals surface area contributed by atoms with Crippen LogP contribution in [0.1, 0.15) is 55.9 Å². The zero-order valence-corrected chi connectivity index (χ0v) is 15.2. The monoisotopic (exact) mass is 331 g/mol. The van der Waals surface area contributed by atoms with Crippen LogP contribution < -0.4 is 5.32 Å². The van der Waals surface area contributed by atoms with Crippen molar-refractivity contribution >= 4 is 0 Å². The van der Waals surface area contributed by atoms with Gasteiger partial charge in [-0.1, -0.05) is 0 Å². The quantitative estimate of drug-likeness (QED) is 0.884. The first-order valence-electron chi connectivity index (χ1n) is 8.89. The van der Waals surface area contributed by atoms with Crippen molar-refractivity contribution < 1.29 is 4.74 Å². The third-order valence-electron chi connectivity index (χ3n) is 4.93. The summed E-state index contributed by atoms with van der Waals surface area (Å²) < 4.78 is 9.70. The molecule has 132 valence electrons. The van der Waals surface area contributed by atoms with E-state index in [2.05, 4.69) is 54.0 Å². The Labute approximate surface area is 144 Å². The number of aromatic nitrogens is 4. The molecule has 1 N–H and O–H groups in total. The third kappa shape index (κ3) is 3.70. The Morgan fingerprint density at radius 2 is 2.08 bits per heavy atom. The first kappa shape index (κ1) is 17.2. The van der Waals surface area contributed by atoms with E-state index < -0.39 is 0 Å². The maximum Gasteiger partial charge on any atom is 0.125 e. The van der Waals surface area contributed by atoms with E-state index in [0.29, 0.717) is 12.0 Å². The van der Waals surface area contributed by atoms with E-state index in [0.717, 1.165) is 44.1 Å². The molecule has 0 aliphatic carbocycles. The van der Waals surface area contributed by atoms with Gasteiger partial charge in [0.15, 0.2) is 0 Å². The Balaban J connectivity index is 1.76. The van der Waals surface area contributed by atoms with Gasteiger partial charge in [-0.05, 0) is 39.5 Å². The van der Waals surface area contributed by atoms with E-state index in [1.807, 2.05) is 17.1 Å². The van der Waals surface area contributed by atoms with Gasteiger partial charge in [0.2, 0.25) is 0 Å². The van der Waals surface area contributed by atoms with Crippen LogP contribution in [0.25, 0.3) is 0 Å². The van der Waals surface area contributed by atoms with Crippen LogP contribution in [0.15, 0.2) is 18.6 Å². The third-order valence-corrected chi connectivity index (χ3v) is 4.93. The van der Waals surface area contributed by atoms with E-state index >= 15 is 0 Å². The Morgan fingerprint density at radius 3 is 2.67 bits per heavy atom. The lowest BCUT2D eigenvalue weighted by atomic mass is 9.91. The predicted molar refractivity (Wildman–Crippen MR) is 93.7 cm³/mol. The molecule has 0 radical (unpaired) electrons. The minimum atomic E-state index is 0.246. The molecule has 1 aliphatic heterocycles. The van der Waals surface area contributed by atoms with Gasteiger partial charge in [0.05, 0.1) is 11.7 Å². The fourth-order valence-corrected chi connectivity index (χ4v) is 3.37. The molecule has 0 aromatic carbocycles. The van der Waals surface area contributed by atoms with E-state index in [1.54, 1.807) is 0 Å². The Bertz CT molecular complexity index is 654. The molecule has 0 spiro atoms. The van der Waals surface area contributed by atoms with Crippen LogP contribution in [-0.2, 0) is 18.3 Å². The van der Waals surface area contributed by atoms with Gasteiger partial charge in [0, 0.05) is 57.0 Å². The molecule has 0 bridgehead atoms. The minimum Gasteiger partial charge on any atom is -0.381 e. The van der Waals surface area contributed by atoms with E-state index in [1.165, 1.54) is 5.56 Å². The lowest BCUT2D eigenvalue weighted by Crippen LogP contribution is -2.33. The summed E-state index contributed by atoms with van der Waals surface area (Å²) in [5, 5.41) is 8.37. The number of imidazole rings is 1. The zero-order valence-electron chi connectivity index (χ0n) is 15.2. The molecule has 0 amide bonds. The largest absolute Gasteiger partial charge is 0.381 e. The lowest BCUT2D eigenvalue weighted by Gasteiger charge is -2.30. The first-order chi connectivity index (χ1) is 11.6.